The van der Waals surface area contributed by atoms with E-state index < -0.39 is 18.4 Å². The number of methoxy groups -OCH3 is 2. The van der Waals surface area contributed by atoms with Gasteiger partial charge in [0.2, 0.25) is 5.78 Å². The van der Waals surface area contributed by atoms with Crippen molar-refractivity contribution < 1.29 is 23.8 Å². The molecule has 0 heterocycles. The Bertz CT molecular complexity index is 632. The van der Waals surface area contributed by atoms with Gasteiger partial charge in [-0.15, -0.1) is 0 Å². The van der Waals surface area contributed by atoms with Crippen LogP contribution in [0.1, 0.15) is 17.3 Å². The minimum atomic E-state index is -0.797. The average Bonchev–Trinajstić information content (AvgIpc) is 2.51. The number of esters is 1. The van der Waals surface area contributed by atoms with Crippen molar-refractivity contribution >= 4 is 11.8 Å². The summed E-state index contributed by atoms with van der Waals surface area (Å²) < 4.78 is 15.1. The van der Waals surface area contributed by atoms with Gasteiger partial charge in [0.25, 0.3) is 0 Å². The first-order valence-electron chi connectivity index (χ1n) is 6.24. The minimum Gasteiger partial charge on any atom is -0.496 e. The lowest BCUT2D eigenvalue weighted by Gasteiger charge is -2.12. The summed E-state index contributed by atoms with van der Waals surface area (Å²) in [6, 6.07) is 6.44. The summed E-state index contributed by atoms with van der Waals surface area (Å²) in [6.45, 7) is 0.818. The van der Waals surface area contributed by atoms with Gasteiger partial charge in [-0.25, -0.2) is 4.79 Å². The standard InChI is InChI=1S/C15H16N2O5/c1-9(17)10(7-16)11(18)8-22-15(19)14-12(20-2)5-4-6-13(14)21-3/h4-6H,8,17H2,1-3H3/b10-9-. The molecule has 0 unspecified atom stereocenters. The van der Waals surface area contributed by atoms with E-state index in [1.807, 2.05) is 0 Å². The number of nitrogens with two attached hydrogens (primary N) is 1. The number of carbonyl (C=O) groups excluding carboxylic acids is 2. The summed E-state index contributed by atoms with van der Waals surface area (Å²) in [5.74, 6) is -0.968. The van der Waals surface area contributed by atoms with Gasteiger partial charge in [0.15, 0.2) is 6.61 Å². The monoisotopic (exact) mass is 304 g/mol. The van der Waals surface area contributed by atoms with Gasteiger partial charge in [0.05, 0.1) is 14.2 Å². The van der Waals surface area contributed by atoms with Crippen LogP contribution in [0.5, 0.6) is 11.5 Å². The van der Waals surface area contributed by atoms with Gasteiger partial charge in [-0.2, -0.15) is 5.26 Å². The average molecular weight is 304 g/mol. The van der Waals surface area contributed by atoms with Crippen molar-refractivity contribution in [2.75, 3.05) is 20.8 Å². The molecule has 0 fully saturated rings. The quantitative estimate of drug-likeness (QED) is 0.477. The summed E-state index contributed by atoms with van der Waals surface area (Å²) >= 11 is 0. The molecule has 7 heteroatoms. The second kappa shape index (κ2) is 7.69. The summed E-state index contributed by atoms with van der Waals surface area (Å²) in [4.78, 5) is 23.9. The number of hydrogen-bond acceptors (Lipinski definition) is 7. The molecule has 1 aromatic rings. The van der Waals surface area contributed by atoms with Gasteiger partial charge in [-0.05, 0) is 19.1 Å². The molecule has 0 aliphatic heterocycles. The van der Waals surface area contributed by atoms with E-state index in [1.165, 1.54) is 21.1 Å². The molecule has 1 aromatic carbocycles. The van der Waals surface area contributed by atoms with E-state index in [-0.39, 0.29) is 28.3 Å². The predicted octanol–water partition coefficient (Wildman–Crippen LogP) is 1.19. The maximum Gasteiger partial charge on any atom is 0.346 e. The van der Waals surface area contributed by atoms with Crippen LogP contribution in [-0.2, 0) is 9.53 Å². The Labute approximate surface area is 127 Å². The highest BCUT2D eigenvalue weighted by atomic mass is 16.5. The van der Waals surface area contributed by atoms with E-state index >= 15 is 0 Å². The molecule has 22 heavy (non-hydrogen) atoms. The lowest BCUT2D eigenvalue weighted by molar-refractivity contribution is -0.118. The molecule has 0 spiro atoms. The number of ketones is 1. The first kappa shape index (κ1) is 17.0. The first-order valence-corrected chi connectivity index (χ1v) is 6.24. The van der Waals surface area contributed by atoms with Gasteiger partial charge in [0.1, 0.15) is 28.7 Å². The molecule has 7 nitrogen and oxygen atoms in total. The zero-order valence-corrected chi connectivity index (χ0v) is 12.5. The second-order valence-electron chi connectivity index (χ2n) is 4.21. The summed E-state index contributed by atoms with van der Waals surface area (Å²) in [7, 11) is 2.79. The number of Topliss-reactive ketones (excluding diaryl/α,β-unsaturated/α-hetero) is 1. The molecule has 0 atom stereocenters. The van der Waals surface area contributed by atoms with Crippen LogP contribution in [0.25, 0.3) is 0 Å². The molecule has 0 radical (unpaired) electrons. The number of hydrogen-bond donors (Lipinski definition) is 1. The number of allylic oxidation sites excluding steroid dienone is 1. The van der Waals surface area contributed by atoms with E-state index in [9.17, 15) is 9.59 Å². The summed E-state index contributed by atoms with van der Waals surface area (Å²) in [5, 5.41) is 8.82. The Kier molecular flexibility index (Phi) is 5.96. The van der Waals surface area contributed by atoms with Crippen LogP contribution >= 0.6 is 0 Å². The maximum absolute atomic E-state index is 12.1. The van der Waals surface area contributed by atoms with E-state index in [1.54, 1.807) is 24.3 Å². The number of carbonyl (C=O) groups is 2. The molecule has 1 rings (SSSR count). The van der Waals surface area contributed by atoms with E-state index in [0.717, 1.165) is 0 Å². The highest BCUT2D eigenvalue weighted by molar-refractivity contribution is 6.03. The number of nitriles is 1. The second-order valence-corrected chi connectivity index (χ2v) is 4.21. The maximum atomic E-state index is 12.1. The van der Waals surface area contributed by atoms with Crippen molar-refractivity contribution in [2.45, 2.75) is 6.92 Å². The lowest BCUT2D eigenvalue weighted by atomic mass is 10.1. The Balaban J connectivity index is 2.94. The van der Waals surface area contributed by atoms with Crippen LogP contribution in [-0.4, -0.2) is 32.6 Å². The van der Waals surface area contributed by atoms with Crippen LogP contribution in [0.3, 0.4) is 0 Å². The largest absolute Gasteiger partial charge is 0.496 e. The number of ether oxygens (including phenoxy) is 3. The van der Waals surface area contributed by atoms with Crippen LogP contribution in [0.4, 0.5) is 0 Å². The Morgan fingerprint density at radius 3 is 2.18 bits per heavy atom. The topological polar surface area (TPSA) is 112 Å². The number of nitrogens with zero attached hydrogens (tertiary/aromatic N) is 1. The molecule has 0 aliphatic carbocycles. The normalized spacial score (nSPS) is 11.0. The molecular formula is C15H16N2O5. The fraction of sp³-hybridized carbons (Fsp3) is 0.267. The Hall–Kier alpha value is -3.01. The van der Waals surface area contributed by atoms with Crippen molar-refractivity contribution in [3.63, 3.8) is 0 Å². The highest BCUT2D eigenvalue weighted by Crippen LogP contribution is 2.28. The van der Waals surface area contributed by atoms with Crippen molar-refractivity contribution in [2.24, 2.45) is 5.73 Å². The van der Waals surface area contributed by atoms with Crippen LogP contribution < -0.4 is 15.2 Å². The van der Waals surface area contributed by atoms with Crippen molar-refractivity contribution in [3.8, 4) is 17.6 Å². The van der Waals surface area contributed by atoms with Crippen molar-refractivity contribution in [1.29, 1.82) is 5.26 Å². The fourth-order valence-electron chi connectivity index (χ4n) is 1.70. The minimum absolute atomic E-state index is 0.0623. The van der Waals surface area contributed by atoms with Gasteiger partial charge in [-0.1, -0.05) is 6.07 Å². The van der Waals surface area contributed by atoms with E-state index in [4.69, 9.17) is 25.2 Å². The lowest BCUT2D eigenvalue weighted by Crippen LogP contribution is -2.18. The SMILES string of the molecule is COc1cccc(OC)c1C(=O)OCC(=O)/C(C#N)=C(/C)N. The van der Waals surface area contributed by atoms with Crippen molar-refractivity contribution in [1.82, 2.24) is 0 Å². The van der Waals surface area contributed by atoms with Crippen LogP contribution in [0, 0.1) is 11.3 Å². The van der Waals surface area contributed by atoms with Gasteiger partial charge in [-0.3, -0.25) is 4.79 Å². The van der Waals surface area contributed by atoms with Crippen molar-refractivity contribution in [3.05, 3.63) is 35.0 Å². The predicted molar refractivity (Wildman–Crippen MR) is 77.3 cm³/mol. The zero-order chi connectivity index (χ0) is 16.7. The fourth-order valence-corrected chi connectivity index (χ4v) is 1.70. The smallest absolute Gasteiger partial charge is 0.346 e. The molecule has 0 amide bonds. The van der Waals surface area contributed by atoms with Gasteiger partial charge in [0, 0.05) is 5.70 Å². The van der Waals surface area contributed by atoms with E-state index in [2.05, 4.69) is 0 Å². The van der Waals surface area contributed by atoms with Gasteiger partial charge >= 0.3 is 5.97 Å². The Morgan fingerprint density at radius 1 is 1.23 bits per heavy atom. The van der Waals surface area contributed by atoms with E-state index in [0.29, 0.717) is 0 Å². The third kappa shape index (κ3) is 3.76. The molecular weight excluding hydrogens is 288 g/mol. The number of benzene rings is 1. The number of rotatable bonds is 6. The molecule has 0 saturated carbocycles. The third-order valence-electron chi connectivity index (χ3n) is 2.75. The molecule has 0 aromatic heterocycles. The molecule has 0 bridgehead atoms. The molecule has 0 saturated heterocycles. The van der Waals surface area contributed by atoms with Crippen LogP contribution in [0.15, 0.2) is 29.5 Å². The Morgan fingerprint density at radius 2 is 1.77 bits per heavy atom. The molecule has 0 aliphatic rings. The molecule has 116 valence electrons. The van der Waals surface area contributed by atoms with Crippen LogP contribution in [0.2, 0.25) is 0 Å². The first-order chi connectivity index (χ1) is 10.5. The summed E-state index contributed by atoms with van der Waals surface area (Å²) in [6.07, 6.45) is 0. The molecule has 2 N–H and O–H groups in total. The highest BCUT2D eigenvalue weighted by Gasteiger charge is 2.21. The summed E-state index contributed by atoms with van der Waals surface area (Å²) in [5.41, 5.74) is 5.31. The van der Waals surface area contributed by atoms with Gasteiger partial charge < -0.3 is 19.9 Å². The zero-order valence-electron chi connectivity index (χ0n) is 12.5. The third-order valence-corrected chi connectivity index (χ3v) is 2.75.